The molecule has 0 aliphatic heterocycles. The van der Waals surface area contributed by atoms with E-state index < -0.39 is 11.7 Å². The molecular formula is C13H14BrF3O2. The molecule has 6 heteroatoms. The molecule has 0 atom stereocenters. The Labute approximate surface area is 117 Å². The molecule has 1 aliphatic carbocycles. The summed E-state index contributed by atoms with van der Waals surface area (Å²) in [6, 6.07) is 4.20. The minimum Gasteiger partial charge on any atom is -0.490 e. The van der Waals surface area contributed by atoms with Gasteiger partial charge in [-0.3, -0.25) is 0 Å². The molecule has 0 unspecified atom stereocenters. The van der Waals surface area contributed by atoms with Crippen molar-refractivity contribution in [2.24, 2.45) is 0 Å². The summed E-state index contributed by atoms with van der Waals surface area (Å²) < 4.78 is 44.4. The fourth-order valence-corrected chi connectivity index (χ4v) is 2.79. The molecule has 1 aromatic carbocycles. The predicted molar refractivity (Wildman–Crippen MR) is 68.0 cm³/mol. The standard InChI is InChI=1S/C13H14BrF3O2/c14-10-2-1-3-11(12(10)13(15,16)17)19-9-6-4-8(18)5-7-9/h1-3,8-9,18H,4-7H2. The Morgan fingerprint density at radius 3 is 2.37 bits per heavy atom. The largest absolute Gasteiger partial charge is 0.490 e. The van der Waals surface area contributed by atoms with E-state index in [1.54, 1.807) is 0 Å². The highest BCUT2D eigenvalue weighted by Gasteiger charge is 2.37. The third kappa shape index (κ3) is 3.63. The first-order valence-corrected chi connectivity index (χ1v) is 6.87. The van der Waals surface area contributed by atoms with Crippen LogP contribution in [-0.2, 0) is 6.18 Å². The second-order valence-electron chi connectivity index (χ2n) is 4.66. The summed E-state index contributed by atoms with van der Waals surface area (Å²) in [4.78, 5) is 0. The highest BCUT2D eigenvalue weighted by Crippen LogP contribution is 2.42. The van der Waals surface area contributed by atoms with E-state index in [9.17, 15) is 18.3 Å². The number of aliphatic hydroxyl groups excluding tert-OH is 1. The third-order valence-electron chi connectivity index (χ3n) is 3.20. The minimum absolute atomic E-state index is 0.0201. The lowest BCUT2D eigenvalue weighted by Gasteiger charge is -2.27. The van der Waals surface area contributed by atoms with Crippen LogP contribution in [0.4, 0.5) is 13.2 Å². The van der Waals surface area contributed by atoms with Crippen LogP contribution in [0.25, 0.3) is 0 Å². The molecule has 0 bridgehead atoms. The van der Waals surface area contributed by atoms with Crippen LogP contribution in [0.1, 0.15) is 31.2 Å². The fourth-order valence-electron chi connectivity index (χ4n) is 2.22. The first kappa shape index (κ1) is 14.7. The zero-order valence-electron chi connectivity index (χ0n) is 10.1. The van der Waals surface area contributed by atoms with Gasteiger partial charge in [0.1, 0.15) is 11.3 Å². The van der Waals surface area contributed by atoms with Gasteiger partial charge in [-0.25, -0.2) is 0 Å². The van der Waals surface area contributed by atoms with Gasteiger partial charge < -0.3 is 9.84 Å². The lowest BCUT2D eigenvalue weighted by Crippen LogP contribution is -2.27. The molecule has 1 aromatic rings. The Morgan fingerprint density at radius 2 is 1.79 bits per heavy atom. The second-order valence-corrected chi connectivity index (χ2v) is 5.51. The van der Waals surface area contributed by atoms with E-state index in [1.807, 2.05) is 0 Å². The Balaban J connectivity index is 2.18. The first-order valence-electron chi connectivity index (χ1n) is 6.08. The summed E-state index contributed by atoms with van der Waals surface area (Å²) in [5, 5.41) is 9.38. The Kier molecular flexibility index (Phi) is 4.40. The van der Waals surface area contributed by atoms with Crippen LogP contribution in [0.3, 0.4) is 0 Å². The summed E-state index contributed by atoms with van der Waals surface area (Å²) in [5.41, 5.74) is -0.777. The number of halogens is 4. The van der Waals surface area contributed by atoms with Crippen molar-refractivity contribution in [1.29, 1.82) is 0 Å². The van der Waals surface area contributed by atoms with Crippen molar-refractivity contribution in [3.63, 3.8) is 0 Å². The number of ether oxygens (including phenoxy) is 1. The molecule has 1 fully saturated rings. The SMILES string of the molecule is OC1CCC(Oc2cccc(Br)c2C(F)(F)F)CC1. The molecule has 19 heavy (non-hydrogen) atoms. The van der Waals surface area contributed by atoms with Crippen LogP contribution in [-0.4, -0.2) is 17.3 Å². The topological polar surface area (TPSA) is 29.5 Å². The van der Waals surface area contributed by atoms with Gasteiger partial charge in [0.2, 0.25) is 0 Å². The van der Waals surface area contributed by atoms with Gasteiger partial charge in [-0.1, -0.05) is 22.0 Å². The molecule has 2 rings (SSSR count). The van der Waals surface area contributed by atoms with Gasteiger partial charge in [0, 0.05) is 4.47 Å². The predicted octanol–water partition coefficient (Wildman–Crippen LogP) is 4.15. The fraction of sp³-hybridized carbons (Fsp3) is 0.538. The zero-order chi connectivity index (χ0) is 14.0. The molecule has 1 N–H and O–H groups in total. The number of hydrogen-bond donors (Lipinski definition) is 1. The first-order chi connectivity index (χ1) is 8.88. The van der Waals surface area contributed by atoms with E-state index >= 15 is 0 Å². The van der Waals surface area contributed by atoms with Crippen LogP contribution in [0.15, 0.2) is 22.7 Å². The maximum atomic E-state index is 13.0. The van der Waals surface area contributed by atoms with Crippen LogP contribution >= 0.6 is 15.9 Å². The van der Waals surface area contributed by atoms with Crippen molar-refractivity contribution in [3.8, 4) is 5.75 Å². The van der Waals surface area contributed by atoms with Crippen molar-refractivity contribution in [2.45, 2.75) is 44.1 Å². The van der Waals surface area contributed by atoms with E-state index in [4.69, 9.17) is 4.74 Å². The van der Waals surface area contributed by atoms with Gasteiger partial charge in [-0.05, 0) is 37.8 Å². The van der Waals surface area contributed by atoms with Gasteiger partial charge in [0.15, 0.2) is 0 Å². The Hall–Kier alpha value is -0.750. The Bertz CT molecular complexity index is 440. The van der Waals surface area contributed by atoms with Crippen LogP contribution in [0, 0.1) is 0 Å². The van der Waals surface area contributed by atoms with Crippen LogP contribution < -0.4 is 4.74 Å². The minimum atomic E-state index is -4.45. The van der Waals surface area contributed by atoms with Gasteiger partial charge in [0.25, 0.3) is 0 Å². The normalized spacial score (nSPS) is 24.3. The lowest BCUT2D eigenvalue weighted by molar-refractivity contribution is -0.140. The van der Waals surface area contributed by atoms with Gasteiger partial charge >= 0.3 is 6.18 Å². The van der Waals surface area contributed by atoms with Crippen LogP contribution in [0.5, 0.6) is 5.75 Å². The van der Waals surface area contributed by atoms with Crippen LogP contribution in [0.2, 0.25) is 0 Å². The van der Waals surface area contributed by atoms with Crippen molar-refractivity contribution in [3.05, 3.63) is 28.2 Å². The highest BCUT2D eigenvalue weighted by molar-refractivity contribution is 9.10. The lowest BCUT2D eigenvalue weighted by atomic mass is 9.95. The second kappa shape index (κ2) is 5.71. The number of rotatable bonds is 2. The molecule has 1 saturated carbocycles. The van der Waals surface area contributed by atoms with Gasteiger partial charge in [-0.15, -0.1) is 0 Å². The summed E-state index contributed by atoms with van der Waals surface area (Å²) in [7, 11) is 0. The average molecular weight is 339 g/mol. The number of benzene rings is 1. The maximum Gasteiger partial charge on any atom is 0.421 e. The summed E-state index contributed by atoms with van der Waals surface area (Å²) in [6.07, 6.45) is -2.79. The molecule has 0 spiro atoms. The van der Waals surface area contributed by atoms with Gasteiger partial charge in [-0.2, -0.15) is 13.2 Å². The van der Waals surface area contributed by atoms with E-state index in [2.05, 4.69) is 15.9 Å². The number of alkyl halides is 3. The van der Waals surface area contributed by atoms with E-state index in [1.165, 1.54) is 18.2 Å². The van der Waals surface area contributed by atoms with E-state index in [0.717, 1.165) is 0 Å². The van der Waals surface area contributed by atoms with Crippen molar-refractivity contribution in [1.82, 2.24) is 0 Å². The number of aliphatic hydroxyl groups is 1. The molecule has 2 nitrogen and oxygen atoms in total. The highest BCUT2D eigenvalue weighted by atomic mass is 79.9. The van der Waals surface area contributed by atoms with Crippen molar-refractivity contribution >= 4 is 15.9 Å². The molecule has 106 valence electrons. The molecule has 0 radical (unpaired) electrons. The summed E-state index contributed by atoms with van der Waals surface area (Å²) >= 11 is 2.92. The third-order valence-corrected chi connectivity index (χ3v) is 3.86. The van der Waals surface area contributed by atoms with Crippen molar-refractivity contribution in [2.75, 3.05) is 0 Å². The molecule has 0 heterocycles. The monoisotopic (exact) mass is 338 g/mol. The molecule has 0 amide bonds. The van der Waals surface area contributed by atoms with Crippen molar-refractivity contribution < 1.29 is 23.0 Å². The number of hydrogen-bond acceptors (Lipinski definition) is 2. The summed E-state index contributed by atoms with van der Waals surface area (Å²) in [6.45, 7) is 0. The average Bonchev–Trinajstić information content (AvgIpc) is 2.30. The molecule has 0 aromatic heterocycles. The quantitative estimate of drug-likeness (QED) is 0.877. The van der Waals surface area contributed by atoms with Gasteiger partial charge in [0.05, 0.1) is 12.2 Å². The maximum absolute atomic E-state index is 13.0. The Morgan fingerprint density at radius 1 is 1.16 bits per heavy atom. The molecule has 0 saturated heterocycles. The summed E-state index contributed by atoms with van der Waals surface area (Å²) in [5.74, 6) is -0.150. The smallest absolute Gasteiger partial charge is 0.421 e. The van der Waals surface area contributed by atoms with E-state index in [0.29, 0.717) is 25.7 Å². The molecular weight excluding hydrogens is 325 g/mol. The van der Waals surface area contributed by atoms with E-state index in [-0.39, 0.29) is 22.4 Å². The molecule has 1 aliphatic rings. The zero-order valence-corrected chi connectivity index (χ0v) is 11.7.